The molecule has 1 unspecified atom stereocenters. The summed E-state index contributed by atoms with van der Waals surface area (Å²) < 4.78 is 30.2. The average Bonchev–Trinajstić information content (AvgIpc) is 3.52. The number of methoxy groups -OCH3 is 1. The Morgan fingerprint density at radius 2 is 1.88 bits per heavy atom. The third kappa shape index (κ3) is 3.53. The number of fused-ring (bicyclic) bond motifs is 1. The van der Waals surface area contributed by atoms with E-state index in [1.807, 2.05) is 0 Å². The summed E-state index contributed by atoms with van der Waals surface area (Å²) in [6.45, 7) is 1.76. The second kappa shape index (κ2) is 8.22. The number of hydrogen-bond donors (Lipinski definition) is 1. The van der Waals surface area contributed by atoms with Gasteiger partial charge >= 0.3 is 0 Å². The highest BCUT2D eigenvalue weighted by molar-refractivity contribution is 6.16. The second-order valence-corrected chi connectivity index (χ2v) is 7.99. The maximum absolute atomic E-state index is 13.6. The van der Waals surface area contributed by atoms with Crippen molar-refractivity contribution in [3.05, 3.63) is 101 Å². The van der Waals surface area contributed by atoms with E-state index in [-0.39, 0.29) is 17.9 Å². The number of amides is 1. The van der Waals surface area contributed by atoms with Gasteiger partial charge in [0.15, 0.2) is 22.9 Å². The van der Waals surface area contributed by atoms with E-state index in [9.17, 15) is 19.1 Å². The van der Waals surface area contributed by atoms with E-state index in [0.29, 0.717) is 33.8 Å². The van der Waals surface area contributed by atoms with Crippen LogP contribution in [-0.2, 0) is 11.3 Å². The summed E-state index contributed by atoms with van der Waals surface area (Å²) in [5.74, 6) is -1.18. The van der Waals surface area contributed by atoms with Crippen molar-refractivity contribution in [1.29, 1.82) is 0 Å². The average molecular weight is 461 g/mol. The fourth-order valence-electron chi connectivity index (χ4n) is 4.17. The van der Waals surface area contributed by atoms with Crippen LogP contribution in [0.1, 0.15) is 33.7 Å². The summed E-state index contributed by atoms with van der Waals surface area (Å²) in [4.78, 5) is 28.0. The summed E-state index contributed by atoms with van der Waals surface area (Å²) in [7, 11) is 1.49. The van der Waals surface area contributed by atoms with Gasteiger partial charge in [0.05, 0.1) is 12.7 Å². The Morgan fingerprint density at radius 3 is 2.56 bits per heavy atom. The first-order chi connectivity index (χ1) is 16.4. The molecule has 0 aliphatic carbocycles. The predicted molar refractivity (Wildman–Crippen MR) is 120 cm³/mol. The molecule has 172 valence electrons. The minimum atomic E-state index is -0.992. The molecule has 8 heteroatoms. The van der Waals surface area contributed by atoms with Crippen molar-refractivity contribution in [3.8, 4) is 5.75 Å². The number of ketones is 1. The summed E-state index contributed by atoms with van der Waals surface area (Å²) >= 11 is 0. The third-order valence-corrected chi connectivity index (χ3v) is 5.80. The molecular weight excluding hydrogens is 441 g/mol. The lowest BCUT2D eigenvalue weighted by molar-refractivity contribution is -0.130. The molecule has 1 amide bonds. The van der Waals surface area contributed by atoms with E-state index in [0.717, 1.165) is 0 Å². The summed E-state index contributed by atoms with van der Waals surface area (Å²) in [6.07, 6.45) is 0. The standard InChI is InChI=1S/C26H20FNO6/c1-14-6-11-18(33-14)22-21(23(29)20-12-16-4-3-5-19(32-2)25(16)34-20)24(30)26(31)28(22)13-15-7-9-17(27)10-8-15/h3-12,22,30H,13H2,1-2H3. The van der Waals surface area contributed by atoms with Crippen LogP contribution in [-0.4, -0.2) is 28.8 Å². The minimum Gasteiger partial charge on any atom is -0.503 e. The number of aliphatic hydroxyl groups excluding tert-OH is 1. The van der Waals surface area contributed by atoms with Crippen LogP contribution in [0.25, 0.3) is 11.0 Å². The van der Waals surface area contributed by atoms with Crippen LogP contribution in [0.15, 0.2) is 80.8 Å². The predicted octanol–water partition coefficient (Wildman–Crippen LogP) is 5.26. The Labute approximate surface area is 193 Å². The van der Waals surface area contributed by atoms with Gasteiger partial charge in [0, 0.05) is 11.9 Å². The monoisotopic (exact) mass is 461 g/mol. The third-order valence-electron chi connectivity index (χ3n) is 5.80. The number of hydrogen-bond acceptors (Lipinski definition) is 6. The number of para-hydroxylation sites is 1. The van der Waals surface area contributed by atoms with Gasteiger partial charge in [-0.15, -0.1) is 0 Å². The van der Waals surface area contributed by atoms with Gasteiger partial charge in [-0.3, -0.25) is 9.59 Å². The van der Waals surface area contributed by atoms with Crippen molar-refractivity contribution in [2.24, 2.45) is 0 Å². The normalized spacial score (nSPS) is 16.0. The molecule has 1 atom stereocenters. The molecule has 0 bridgehead atoms. The largest absolute Gasteiger partial charge is 0.503 e. The molecule has 1 N–H and O–H groups in total. The highest BCUT2D eigenvalue weighted by atomic mass is 19.1. The van der Waals surface area contributed by atoms with Gasteiger partial charge in [-0.1, -0.05) is 24.3 Å². The zero-order valence-electron chi connectivity index (χ0n) is 18.4. The Kier molecular flexibility index (Phi) is 5.20. The van der Waals surface area contributed by atoms with Gasteiger partial charge in [0.1, 0.15) is 23.4 Å². The van der Waals surface area contributed by atoms with Crippen molar-refractivity contribution >= 4 is 22.7 Å². The summed E-state index contributed by atoms with van der Waals surface area (Å²) in [5.41, 5.74) is 0.851. The van der Waals surface area contributed by atoms with Crippen molar-refractivity contribution in [2.45, 2.75) is 19.5 Å². The molecule has 2 aromatic heterocycles. The van der Waals surface area contributed by atoms with Crippen LogP contribution >= 0.6 is 0 Å². The van der Waals surface area contributed by atoms with Gasteiger partial charge in [0.2, 0.25) is 5.78 Å². The highest BCUT2D eigenvalue weighted by Gasteiger charge is 2.46. The molecule has 0 fully saturated rings. The minimum absolute atomic E-state index is 0.0261. The van der Waals surface area contributed by atoms with Gasteiger partial charge in [-0.2, -0.15) is 0 Å². The summed E-state index contributed by atoms with van der Waals surface area (Å²) in [6, 6.07) is 14.8. The van der Waals surface area contributed by atoms with Gasteiger partial charge in [-0.05, 0) is 48.9 Å². The van der Waals surface area contributed by atoms with E-state index >= 15 is 0 Å². The molecule has 4 aromatic rings. The molecule has 34 heavy (non-hydrogen) atoms. The lowest BCUT2D eigenvalue weighted by Gasteiger charge is -2.24. The highest BCUT2D eigenvalue weighted by Crippen LogP contribution is 2.41. The number of aryl methyl sites for hydroxylation is 1. The fraction of sp³-hybridized carbons (Fsp3) is 0.154. The molecule has 5 rings (SSSR count). The number of furan rings is 2. The lowest BCUT2D eigenvalue weighted by Crippen LogP contribution is -2.30. The van der Waals surface area contributed by atoms with Crippen molar-refractivity contribution in [2.75, 3.05) is 7.11 Å². The number of carbonyl (C=O) groups is 2. The van der Waals surface area contributed by atoms with E-state index in [4.69, 9.17) is 13.6 Å². The lowest BCUT2D eigenvalue weighted by atomic mass is 9.99. The molecule has 3 heterocycles. The summed E-state index contributed by atoms with van der Waals surface area (Å²) in [5, 5.41) is 11.4. The molecule has 1 aliphatic heterocycles. The topological polar surface area (TPSA) is 93.1 Å². The van der Waals surface area contributed by atoms with Gasteiger partial charge in [-0.25, -0.2) is 4.39 Å². The van der Waals surface area contributed by atoms with Crippen molar-refractivity contribution < 1.29 is 32.7 Å². The molecule has 1 aliphatic rings. The Balaban J connectivity index is 1.58. The van der Waals surface area contributed by atoms with Crippen LogP contribution in [0.5, 0.6) is 5.75 Å². The SMILES string of the molecule is COc1cccc2cc(C(=O)C3=C(O)C(=O)N(Cc4ccc(F)cc4)C3c3ccc(C)o3)oc12. The van der Waals surface area contributed by atoms with Crippen LogP contribution in [0.4, 0.5) is 4.39 Å². The zero-order chi connectivity index (χ0) is 24.0. The number of nitrogens with zero attached hydrogens (tertiary/aromatic N) is 1. The molecule has 0 saturated heterocycles. The molecule has 0 spiro atoms. The molecule has 2 aromatic carbocycles. The number of rotatable bonds is 6. The van der Waals surface area contributed by atoms with E-state index in [1.165, 1.54) is 42.3 Å². The van der Waals surface area contributed by atoms with Crippen LogP contribution in [0.3, 0.4) is 0 Å². The maximum atomic E-state index is 13.6. The quantitative estimate of drug-likeness (QED) is 0.394. The zero-order valence-corrected chi connectivity index (χ0v) is 18.4. The molecule has 0 saturated carbocycles. The number of aliphatic hydroxyl groups is 1. The van der Waals surface area contributed by atoms with Crippen LogP contribution < -0.4 is 4.74 Å². The van der Waals surface area contributed by atoms with E-state index < -0.39 is 29.3 Å². The number of carbonyl (C=O) groups excluding carboxylic acids is 2. The van der Waals surface area contributed by atoms with Crippen molar-refractivity contribution in [1.82, 2.24) is 4.90 Å². The first-order valence-corrected chi connectivity index (χ1v) is 10.5. The smallest absolute Gasteiger partial charge is 0.290 e. The first-order valence-electron chi connectivity index (χ1n) is 10.5. The van der Waals surface area contributed by atoms with Gasteiger partial charge < -0.3 is 23.6 Å². The number of halogens is 1. The Morgan fingerprint density at radius 1 is 1.12 bits per heavy atom. The van der Waals surface area contributed by atoms with Crippen molar-refractivity contribution in [3.63, 3.8) is 0 Å². The molecular formula is C26H20FNO6. The van der Waals surface area contributed by atoms with E-state index in [1.54, 1.807) is 37.3 Å². The Hall–Kier alpha value is -4.33. The number of benzene rings is 2. The van der Waals surface area contributed by atoms with Gasteiger partial charge in [0.25, 0.3) is 5.91 Å². The first kappa shape index (κ1) is 21.5. The fourth-order valence-corrected chi connectivity index (χ4v) is 4.17. The van der Waals surface area contributed by atoms with E-state index in [2.05, 4.69) is 0 Å². The van der Waals surface area contributed by atoms with Crippen LogP contribution in [0.2, 0.25) is 0 Å². The molecule has 7 nitrogen and oxygen atoms in total. The molecule has 0 radical (unpaired) electrons. The number of ether oxygens (including phenoxy) is 1. The number of Topliss-reactive ketones (excluding diaryl/α,β-unsaturated/α-hetero) is 1. The second-order valence-electron chi connectivity index (χ2n) is 7.99. The van der Waals surface area contributed by atoms with Crippen LogP contribution in [0, 0.1) is 12.7 Å². The maximum Gasteiger partial charge on any atom is 0.290 e. The Bertz CT molecular complexity index is 1450.